The van der Waals surface area contributed by atoms with E-state index < -0.39 is 0 Å². The number of benzene rings is 2. The molecule has 0 aliphatic carbocycles. The maximum absolute atomic E-state index is 13.0. The first kappa shape index (κ1) is 20.6. The second-order valence-corrected chi connectivity index (χ2v) is 7.60. The molecular weight excluding hydrogens is 388 g/mol. The summed E-state index contributed by atoms with van der Waals surface area (Å²) in [5.41, 5.74) is 5.55. The van der Waals surface area contributed by atoms with Gasteiger partial charge in [0.1, 0.15) is 11.4 Å². The average molecular weight is 415 g/mol. The monoisotopic (exact) mass is 414 g/mol. The minimum atomic E-state index is -0.190. The van der Waals surface area contributed by atoms with Crippen molar-refractivity contribution in [1.82, 2.24) is 19.9 Å². The fraction of sp³-hybridized carbons (Fsp3) is 0.240. The molecule has 1 N–H and O–H groups in total. The highest BCUT2D eigenvalue weighted by Crippen LogP contribution is 2.31. The molecule has 4 rings (SSSR count). The summed E-state index contributed by atoms with van der Waals surface area (Å²) < 4.78 is 7.11. The Morgan fingerprint density at radius 1 is 1.10 bits per heavy atom. The van der Waals surface area contributed by atoms with Crippen LogP contribution in [0.4, 0.5) is 0 Å². The van der Waals surface area contributed by atoms with Crippen molar-refractivity contribution in [1.29, 1.82) is 0 Å². The zero-order chi connectivity index (χ0) is 22.0. The zero-order valence-corrected chi connectivity index (χ0v) is 18.2. The molecule has 0 aliphatic heterocycles. The Morgan fingerprint density at radius 3 is 2.45 bits per heavy atom. The molecule has 0 saturated carbocycles. The van der Waals surface area contributed by atoms with Crippen LogP contribution in [-0.4, -0.2) is 33.7 Å². The Morgan fingerprint density at radius 2 is 1.81 bits per heavy atom. The largest absolute Gasteiger partial charge is 0.497 e. The van der Waals surface area contributed by atoms with Crippen molar-refractivity contribution >= 4 is 11.6 Å². The standard InChI is InChI=1S/C25H26N4O2/c1-5-16(2)26-25(30)21-15-22(18-11-13-20(31-4)14-12-18)29-24(27-21)23(17(3)28-29)19-9-7-6-8-10-19/h6-16H,5H2,1-4H3,(H,26,30). The van der Waals surface area contributed by atoms with Crippen molar-refractivity contribution in [2.75, 3.05) is 7.11 Å². The van der Waals surface area contributed by atoms with Gasteiger partial charge in [0.15, 0.2) is 5.65 Å². The summed E-state index contributed by atoms with van der Waals surface area (Å²) in [6, 6.07) is 19.6. The summed E-state index contributed by atoms with van der Waals surface area (Å²) in [6.07, 6.45) is 0.848. The van der Waals surface area contributed by atoms with Crippen LogP contribution in [0.3, 0.4) is 0 Å². The Hall–Kier alpha value is -3.67. The molecule has 2 heterocycles. The number of methoxy groups -OCH3 is 1. The molecule has 0 bridgehead atoms. The average Bonchev–Trinajstić information content (AvgIpc) is 3.14. The fourth-order valence-corrected chi connectivity index (χ4v) is 3.55. The van der Waals surface area contributed by atoms with Gasteiger partial charge < -0.3 is 10.1 Å². The number of ether oxygens (including phenoxy) is 1. The topological polar surface area (TPSA) is 68.5 Å². The first-order valence-electron chi connectivity index (χ1n) is 10.4. The number of nitrogens with zero attached hydrogens (tertiary/aromatic N) is 3. The second-order valence-electron chi connectivity index (χ2n) is 7.60. The molecule has 1 atom stereocenters. The third-order valence-corrected chi connectivity index (χ3v) is 5.43. The van der Waals surface area contributed by atoms with Crippen LogP contribution < -0.4 is 10.1 Å². The number of carbonyl (C=O) groups is 1. The summed E-state index contributed by atoms with van der Waals surface area (Å²) in [4.78, 5) is 17.7. The maximum atomic E-state index is 13.0. The van der Waals surface area contributed by atoms with Crippen LogP contribution in [0.15, 0.2) is 60.7 Å². The number of aryl methyl sites for hydroxylation is 1. The molecule has 0 radical (unpaired) electrons. The van der Waals surface area contributed by atoms with Crippen LogP contribution in [0.2, 0.25) is 0 Å². The molecule has 31 heavy (non-hydrogen) atoms. The van der Waals surface area contributed by atoms with Crippen molar-refractivity contribution in [3.63, 3.8) is 0 Å². The lowest BCUT2D eigenvalue weighted by Gasteiger charge is -2.13. The third-order valence-electron chi connectivity index (χ3n) is 5.43. The lowest BCUT2D eigenvalue weighted by atomic mass is 10.1. The van der Waals surface area contributed by atoms with Gasteiger partial charge in [0.25, 0.3) is 5.91 Å². The molecule has 1 unspecified atom stereocenters. The van der Waals surface area contributed by atoms with Crippen molar-refractivity contribution in [2.45, 2.75) is 33.2 Å². The van der Waals surface area contributed by atoms with E-state index in [2.05, 4.69) is 5.32 Å². The number of amides is 1. The number of hydrogen-bond acceptors (Lipinski definition) is 4. The van der Waals surface area contributed by atoms with E-state index in [0.717, 1.165) is 40.2 Å². The van der Waals surface area contributed by atoms with E-state index in [-0.39, 0.29) is 11.9 Å². The minimum absolute atomic E-state index is 0.0650. The van der Waals surface area contributed by atoms with Gasteiger partial charge in [0.2, 0.25) is 0 Å². The number of hydrogen-bond donors (Lipinski definition) is 1. The van der Waals surface area contributed by atoms with E-state index >= 15 is 0 Å². The van der Waals surface area contributed by atoms with E-state index in [1.54, 1.807) is 13.2 Å². The minimum Gasteiger partial charge on any atom is -0.497 e. The first-order chi connectivity index (χ1) is 15.0. The molecule has 0 saturated heterocycles. The van der Waals surface area contributed by atoms with Gasteiger partial charge in [0, 0.05) is 17.2 Å². The van der Waals surface area contributed by atoms with Crippen molar-refractivity contribution in [2.24, 2.45) is 0 Å². The summed E-state index contributed by atoms with van der Waals surface area (Å²) in [6.45, 7) is 5.99. The predicted octanol–water partition coefficient (Wildman–Crippen LogP) is 4.91. The van der Waals surface area contributed by atoms with Crippen molar-refractivity contribution < 1.29 is 9.53 Å². The highest BCUT2D eigenvalue weighted by Gasteiger charge is 2.20. The van der Waals surface area contributed by atoms with E-state index in [1.807, 2.05) is 79.9 Å². The first-order valence-corrected chi connectivity index (χ1v) is 10.4. The van der Waals surface area contributed by atoms with Gasteiger partial charge in [-0.05, 0) is 56.2 Å². The zero-order valence-electron chi connectivity index (χ0n) is 18.2. The number of rotatable bonds is 6. The van der Waals surface area contributed by atoms with E-state index in [0.29, 0.717) is 11.3 Å². The van der Waals surface area contributed by atoms with Crippen LogP contribution in [-0.2, 0) is 0 Å². The summed E-state index contributed by atoms with van der Waals surface area (Å²) in [7, 11) is 1.64. The molecule has 158 valence electrons. The fourth-order valence-electron chi connectivity index (χ4n) is 3.55. The number of carbonyl (C=O) groups excluding carboxylic acids is 1. The van der Waals surface area contributed by atoms with E-state index in [4.69, 9.17) is 14.8 Å². The molecule has 0 fully saturated rings. The van der Waals surface area contributed by atoms with E-state index in [9.17, 15) is 4.79 Å². The Balaban J connectivity index is 1.95. The number of nitrogens with one attached hydrogen (secondary N) is 1. The van der Waals surface area contributed by atoms with Gasteiger partial charge in [-0.1, -0.05) is 37.3 Å². The molecule has 4 aromatic rings. The number of fused-ring (bicyclic) bond motifs is 1. The Labute approximate surface area is 181 Å². The molecule has 1 amide bonds. The molecule has 0 aliphatic rings. The van der Waals surface area contributed by atoms with Crippen molar-refractivity contribution in [3.05, 3.63) is 72.1 Å². The molecule has 2 aromatic carbocycles. The molecule has 6 heteroatoms. The third kappa shape index (κ3) is 4.01. The van der Waals surface area contributed by atoms with Gasteiger partial charge in [-0.2, -0.15) is 5.10 Å². The van der Waals surface area contributed by atoms with Crippen LogP contribution in [0.1, 0.15) is 36.5 Å². The molecule has 0 spiro atoms. The Kier molecular flexibility index (Phi) is 5.71. The molecule has 2 aromatic heterocycles. The molecular formula is C25H26N4O2. The number of aromatic nitrogens is 3. The highest BCUT2D eigenvalue weighted by molar-refractivity contribution is 5.95. The molecule has 6 nitrogen and oxygen atoms in total. The van der Waals surface area contributed by atoms with Gasteiger partial charge >= 0.3 is 0 Å². The summed E-state index contributed by atoms with van der Waals surface area (Å²) in [5, 5.41) is 7.80. The van der Waals surface area contributed by atoms with Crippen LogP contribution in [0.5, 0.6) is 5.75 Å². The van der Waals surface area contributed by atoms with Crippen LogP contribution in [0, 0.1) is 6.92 Å². The van der Waals surface area contributed by atoms with Gasteiger partial charge in [-0.15, -0.1) is 0 Å². The maximum Gasteiger partial charge on any atom is 0.270 e. The second kappa shape index (κ2) is 8.60. The predicted molar refractivity (Wildman–Crippen MR) is 122 cm³/mol. The van der Waals surface area contributed by atoms with Gasteiger partial charge in [0.05, 0.1) is 18.5 Å². The lowest BCUT2D eigenvalue weighted by molar-refractivity contribution is 0.0934. The van der Waals surface area contributed by atoms with Crippen molar-refractivity contribution in [3.8, 4) is 28.1 Å². The Bertz CT molecular complexity index is 1210. The normalized spacial score (nSPS) is 12.0. The van der Waals surface area contributed by atoms with Crippen LogP contribution in [0.25, 0.3) is 28.0 Å². The smallest absolute Gasteiger partial charge is 0.270 e. The van der Waals surface area contributed by atoms with E-state index in [1.165, 1.54) is 0 Å². The van der Waals surface area contributed by atoms with Gasteiger partial charge in [-0.3, -0.25) is 4.79 Å². The quantitative estimate of drug-likeness (QED) is 0.487. The summed E-state index contributed by atoms with van der Waals surface area (Å²) in [5.74, 6) is 0.579. The van der Waals surface area contributed by atoms with Gasteiger partial charge in [-0.25, -0.2) is 9.50 Å². The highest BCUT2D eigenvalue weighted by atomic mass is 16.5. The van der Waals surface area contributed by atoms with Crippen LogP contribution >= 0.6 is 0 Å². The lowest BCUT2D eigenvalue weighted by Crippen LogP contribution is -2.32. The summed E-state index contributed by atoms with van der Waals surface area (Å²) >= 11 is 0. The SMILES string of the molecule is CCC(C)NC(=O)c1cc(-c2ccc(OC)cc2)n2nc(C)c(-c3ccccc3)c2n1.